The smallest absolute Gasteiger partial charge is 0.316 e. The summed E-state index contributed by atoms with van der Waals surface area (Å²) in [4.78, 5) is 39.7. The number of rotatable bonds is 5. The number of thioether (sulfide) groups is 1. The summed E-state index contributed by atoms with van der Waals surface area (Å²) in [5.41, 5.74) is 0.401. The average Bonchev–Trinajstić information content (AvgIpc) is 2.56. The number of hydrogen-bond acceptors (Lipinski definition) is 6. The molecule has 2 rings (SSSR count). The Morgan fingerprint density at radius 3 is 2.61 bits per heavy atom. The standard InChI is InChI=1S/C16H16N2O4S/c1-3-22-13(19)10-23-16-17-14(20)11(2)9-18(16)15(21)12-7-5-4-6-8-12/h4-9H,3,10H2,1-2H3. The number of ether oxygens (including phenoxy) is 1. The van der Waals surface area contributed by atoms with E-state index in [1.54, 1.807) is 38.1 Å². The molecule has 0 saturated heterocycles. The molecule has 0 N–H and O–H groups in total. The number of benzene rings is 1. The summed E-state index contributed by atoms with van der Waals surface area (Å²) in [5.74, 6) is -0.760. The number of aryl methyl sites for hydroxylation is 1. The third-order valence-corrected chi connectivity index (χ3v) is 3.85. The van der Waals surface area contributed by atoms with E-state index >= 15 is 0 Å². The van der Waals surface area contributed by atoms with E-state index in [0.717, 1.165) is 11.8 Å². The zero-order chi connectivity index (χ0) is 16.8. The molecule has 0 aliphatic rings. The minimum absolute atomic E-state index is 0.0224. The fourth-order valence-corrected chi connectivity index (χ4v) is 2.58. The first-order chi connectivity index (χ1) is 11.0. The molecule has 0 fully saturated rings. The van der Waals surface area contributed by atoms with Gasteiger partial charge in [0.2, 0.25) is 0 Å². The maximum atomic E-state index is 12.6. The average molecular weight is 332 g/mol. The van der Waals surface area contributed by atoms with Crippen LogP contribution in [-0.4, -0.2) is 33.8 Å². The van der Waals surface area contributed by atoms with E-state index < -0.39 is 11.5 Å². The second-order valence-corrected chi connectivity index (χ2v) is 5.59. The van der Waals surface area contributed by atoms with E-state index in [0.29, 0.717) is 11.1 Å². The topological polar surface area (TPSA) is 78.3 Å². The molecular weight excluding hydrogens is 316 g/mol. The summed E-state index contributed by atoms with van der Waals surface area (Å²) in [6.07, 6.45) is 1.44. The second-order valence-electron chi connectivity index (χ2n) is 4.65. The van der Waals surface area contributed by atoms with Crippen LogP contribution in [0.3, 0.4) is 0 Å². The molecule has 2 aromatic rings. The van der Waals surface area contributed by atoms with Gasteiger partial charge in [0.05, 0.1) is 12.4 Å². The molecule has 0 aliphatic carbocycles. The lowest BCUT2D eigenvalue weighted by atomic mass is 10.2. The summed E-state index contributed by atoms with van der Waals surface area (Å²) in [7, 11) is 0. The van der Waals surface area contributed by atoms with Gasteiger partial charge in [-0.2, -0.15) is 4.98 Å². The van der Waals surface area contributed by atoms with Gasteiger partial charge in [0.1, 0.15) is 0 Å². The first-order valence-electron chi connectivity index (χ1n) is 7.01. The van der Waals surface area contributed by atoms with Gasteiger partial charge in [-0.25, -0.2) is 0 Å². The van der Waals surface area contributed by atoms with E-state index in [2.05, 4.69) is 4.98 Å². The van der Waals surface area contributed by atoms with Crippen molar-refractivity contribution in [1.29, 1.82) is 0 Å². The minimum Gasteiger partial charge on any atom is -0.465 e. The first kappa shape index (κ1) is 17.0. The monoisotopic (exact) mass is 332 g/mol. The van der Waals surface area contributed by atoms with Crippen molar-refractivity contribution in [1.82, 2.24) is 9.55 Å². The van der Waals surface area contributed by atoms with Crippen molar-refractivity contribution in [2.24, 2.45) is 0 Å². The van der Waals surface area contributed by atoms with E-state index in [-0.39, 0.29) is 23.4 Å². The van der Waals surface area contributed by atoms with Crippen molar-refractivity contribution in [2.45, 2.75) is 19.0 Å². The molecule has 0 saturated carbocycles. The molecule has 0 bridgehead atoms. The highest BCUT2D eigenvalue weighted by Gasteiger charge is 2.16. The molecule has 0 amide bonds. The Morgan fingerprint density at radius 1 is 1.26 bits per heavy atom. The highest BCUT2D eigenvalue weighted by Crippen LogP contribution is 2.16. The largest absolute Gasteiger partial charge is 0.465 e. The van der Waals surface area contributed by atoms with E-state index in [4.69, 9.17) is 4.74 Å². The van der Waals surface area contributed by atoms with Crippen LogP contribution in [0.4, 0.5) is 0 Å². The lowest BCUT2D eigenvalue weighted by Gasteiger charge is -2.11. The van der Waals surface area contributed by atoms with Gasteiger partial charge in [-0.1, -0.05) is 30.0 Å². The van der Waals surface area contributed by atoms with Crippen LogP contribution in [0.5, 0.6) is 0 Å². The molecule has 1 aromatic carbocycles. The fraction of sp³-hybridized carbons (Fsp3) is 0.250. The summed E-state index contributed by atoms with van der Waals surface area (Å²) in [6, 6.07) is 8.66. The van der Waals surface area contributed by atoms with Crippen LogP contribution < -0.4 is 5.56 Å². The number of carbonyl (C=O) groups excluding carboxylic acids is 2. The van der Waals surface area contributed by atoms with Crippen LogP contribution in [0, 0.1) is 6.92 Å². The third kappa shape index (κ3) is 4.29. The molecule has 0 radical (unpaired) electrons. The van der Waals surface area contributed by atoms with Crippen molar-refractivity contribution >= 4 is 23.6 Å². The lowest BCUT2D eigenvalue weighted by Crippen LogP contribution is -2.23. The van der Waals surface area contributed by atoms with Crippen LogP contribution in [-0.2, 0) is 9.53 Å². The molecular formula is C16H16N2O4S. The first-order valence-corrected chi connectivity index (χ1v) is 8.00. The summed E-state index contributed by atoms with van der Waals surface area (Å²) in [6.45, 7) is 3.57. The van der Waals surface area contributed by atoms with Gasteiger partial charge in [-0.3, -0.25) is 19.0 Å². The molecule has 120 valence electrons. The van der Waals surface area contributed by atoms with Crippen molar-refractivity contribution in [3.05, 3.63) is 58.0 Å². The lowest BCUT2D eigenvalue weighted by molar-refractivity contribution is -0.139. The van der Waals surface area contributed by atoms with Gasteiger partial charge in [0, 0.05) is 17.3 Å². The van der Waals surface area contributed by atoms with E-state index in [1.807, 2.05) is 6.07 Å². The zero-order valence-corrected chi connectivity index (χ0v) is 13.6. The van der Waals surface area contributed by atoms with Crippen molar-refractivity contribution < 1.29 is 14.3 Å². The predicted octanol–water partition coefficient (Wildman–Crippen LogP) is 1.90. The van der Waals surface area contributed by atoms with Crippen LogP contribution in [0.25, 0.3) is 0 Å². The SMILES string of the molecule is CCOC(=O)CSc1nc(=O)c(C)cn1C(=O)c1ccccc1. The zero-order valence-electron chi connectivity index (χ0n) is 12.8. The maximum Gasteiger partial charge on any atom is 0.316 e. The van der Waals surface area contributed by atoms with Crippen molar-refractivity contribution in [3.8, 4) is 0 Å². The number of aromatic nitrogens is 2. The van der Waals surface area contributed by atoms with Crippen LogP contribution >= 0.6 is 11.8 Å². The highest BCUT2D eigenvalue weighted by atomic mass is 32.2. The molecule has 0 atom stereocenters. The summed E-state index contributed by atoms with van der Waals surface area (Å²) < 4.78 is 6.13. The Bertz CT molecular complexity index is 771. The fourth-order valence-electron chi connectivity index (χ4n) is 1.83. The number of hydrogen-bond donors (Lipinski definition) is 0. The molecule has 7 heteroatoms. The quantitative estimate of drug-likeness (QED) is 0.473. The van der Waals surface area contributed by atoms with Gasteiger partial charge < -0.3 is 4.74 Å². The Labute approximate surface area is 137 Å². The van der Waals surface area contributed by atoms with Crippen molar-refractivity contribution in [3.63, 3.8) is 0 Å². The normalized spacial score (nSPS) is 10.3. The third-order valence-electron chi connectivity index (χ3n) is 2.93. The highest BCUT2D eigenvalue weighted by molar-refractivity contribution is 7.99. The maximum absolute atomic E-state index is 12.6. The van der Waals surface area contributed by atoms with Gasteiger partial charge in [-0.05, 0) is 26.0 Å². The van der Waals surface area contributed by atoms with Crippen LogP contribution in [0.1, 0.15) is 22.8 Å². The molecule has 23 heavy (non-hydrogen) atoms. The van der Waals surface area contributed by atoms with Gasteiger partial charge >= 0.3 is 5.97 Å². The van der Waals surface area contributed by atoms with Crippen LogP contribution in [0.2, 0.25) is 0 Å². The Kier molecular flexibility index (Phi) is 5.70. The van der Waals surface area contributed by atoms with Gasteiger partial charge in [-0.15, -0.1) is 0 Å². The molecule has 0 aliphatic heterocycles. The Hall–Kier alpha value is -2.41. The van der Waals surface area contributed by atoms with Crippen molar-refractivity contribution in [2.75, 3.05) is 12.4 Å². The minimum atomic E-state index is -0.425. The second kappa shape index (κ2) is 7.73. The molecule has 0 unspecified atom stereocenters. The van der Waals surface area contributed by atoms with Crippen LogP contribution in [0.15, 0.2) is 46.5 Å². The predicted molar refractivity (Wildman–Crippen MR) is 86.8 cm³/mol. The van der Waals surface area contributed by atoms with E-state index in [1.165, 1.54) is 10.8 Å². The van der Waals surface area contributed by atoms with Gasteiger partial charge in [0.25, 0.3) is 11.5 Å². The Morgan fingerprint density at radius 2 is 1.96 bits per heavy atom. The van der Waals surface area contributed by atoms with Gasteiger partial charge in [0.15, 0.2) is 5.16 Å². The molecule has 0 spiro atoms. The summed E-state index contributed by atoms with van der Waals surface area (Å²) in [5, 5.41) is 0.169. The van der Waals surface area contributed by atoms with E-state index in [9.17, 15) is 14.4 Å². The Balaban J connectivity index is 2.34. The summed E-state index contributed by atoms with van der Waals surface area (Å²) >= 11 is 0.997. The molecule has 1 heterocycles. The number of carbonyl (C=O) groups is 2. The number of esters is 1. The molecule has 1 aromatic heterocycles. The molecule has 6 nitrogen and oxygen atoms in total. The number of nitrogens with zero attached hydrogens (tertiary/aromatic N) is 2.